The molecule has 0 aliphatic heterocycles. The van der Waals surface area contributed by atoms with Crippen LogP contribution in [0, 0.1) is 0 Å². The van der Waals surface area contributed by atoms with E-state index in [9.17, 15) is 0 Å². The maximum Gasteiger partial charge on any atom is 0.102 e. The molecule has 0 saturated heterocycles. The number of hydrogen-bond donors (Lipinski definition) is 0. The molecule has 0 nitrogen and oxygen atoms in total. The summed E-state index contributed by atoms with van der Waals surface area (Å²) >= 11 is 0. The van der Waals surface area contributed by atoms with Crippen molar-refractivity contribution < 1.29 is 34.0 Å². The van der Waals surface area contributed by atoms with Crippen LogP contribution in [0.3, 0.4) is 0 Å². The van der Waals surface area contributed by atoms with E-state index in [0.29, 0.717) is 0 Å². The first-order valence-electron chi connectivity index (χ1n) is 6.48. The third kappa shape index (κ3) is 5.28. The van der Waals surface area contributed by atoms with Crippen LogP contribution >= 0.6 is 17.8 Å². The van der Waals surface area contributed by atoms with Crippen molar-refractivity contribution in [2.75, 3.05) is 0 Å². The second kappa shape index (κ2) is 11.1. The molecule has 1 unspecified atom stereocenters. The van der Waals surface area contributed by atoms with E-state index in [0.717, 1.165) is 0 Å². The Morgan fingerprint density at radius 3 is 0.864 bits per heavy atom. The minimum atomic E-state index is -0.877. The van der Waals surface area contributed by atoms with Crippen LogP contribution in [0.2, 0.25) is 0 Å². The lowest BCUT2D eigenvalue weighted by atomic mass is 10.4. The molecule has 4 heteroatoms. The minimum absolute atomic E-state index is 0. The van der Waals surface area contributed by atoms with Gasteiger partial charge in [-0.05, 0) is 46.3 Å². The second-order valence-electron chi connectivity index (χ2n) is 4.47. The van der Waals surface area contributed by atoms with Crippen molar-refractivity contribution in [2.24, 2.45) is 0 Å². The van der Waals surface area contributed by atoms with Crippen molar-refractivity contribution in [2.45, 2.75) is 0 Å². The quantitative estimate of drug-likeness (QED) is 0.367. The summed E-state index contributed by atoms with van der Waals surface area (Å²) in [6.07, 6.45) is 0. The van der Waals surface area contributed by atoms with E-state index in [1.165, 1.54) is 15.9 Å². The Balaban J connectivity index is 0.00000147. The molecular formula is C18H20Br2P2. The number of halogens is 2. The fourth-order valence-corrected chi connectivity index (χ4v) is 4.89. The lowest BCUT2D eigenvalue weighted by Gasteiger charge is -2.10. The van der Waals surface area contributed by atoms with Crippen molar-refractivity contribution in [3.05, 3.63) is 91.0 Å². The van der Waals surface area contributed by atoms with E-state index >= 15 is 0 Å². The lowest BCUT2D eigenvalue weighted by Crippen LogP contribution is -3.00. The molecule has 0 amide bonds. The van der Waals surface area contributed by atoms with Crippen molar-refractivity contribution in [3.63, 3.8) is 0 Å². The van der Waals surface area contributed by atoms with Crippen LogP contribution in [0.4, 0.5) is 0 Å². The standard InChI is InChI=1S/C18H15P.2BrH.H3P/c1-4-10-16(11-5-1)19(17-12-6-2-7-13-17)18-14-8-3-9-15-18;;;/h1-15H;2*1H;1H3. The summed E-state index contributed by atoms with van der Waals surface area (Å²) in [4.78, 5) is 0. The number of hydrogen-bond acceptors (Lipinski definition) is 0. The van der Waals surface area contributed by atoms with Gasteiger partial charge in [0.15, 0.2) is 0 Å². The molecule has 0 fully saturated rings. The predicted molar refractivity (Wildman–Crippen MR) is 99.0 cm³/mol. The molecule has 22 heavy (non-hydrogen) atoms. The number of benzene rings is 3. The molecule has 0 aromatic heterocycles. The zero-order valence-corrected chi connectivity index (χ0v) is 18.6. The topological polar surface area (TPSA) is 0 Å². The maximum absolute atomic E-state index is 2.24. The fourth-order valence-electron chi connectivity index (χ4n) is 2.31. The average Bonchev–Trinajstić information content (AvgIpc) is 2.51. The molecule has 0 saturated carbocycles. The van der Waals surface area contributed by atoms with Gasteiger partial charge in [-0.15, -0.1) is 0 Å². The largest absolute Gasteiger partial charge is 1.00 e. The molecule has 3 rings (SSSR count). The van der Waals surface area contributed by atoms with Crippen molar-refractivity contribution in [1.82, 2.24) is 0 Å². The van der Waals surface area contributed by atoms with E-state index in [1.54, 1.807) is 0 Å². The van der Waals surface area contributed by atoms with Crippen LogP contribution in [0.1, 0.15) is 0 Å². The summed E-state index contributed by atoms with van der Waals surface area (Å²) in [5.41, 5.74) is 0. The monoisotopic (exact) mass is 456 g/mol. The highest BCUT2D eigenvalue weighted by Gasteiger charge is 2.24. The van der Waals surface area contributed by atoms with Crippen LogP contribution in [0.15, 0.2) is 91.0 Å². The van der Waals surface area contributed by atoms with Crippen LogP contribution in [-0.4, -0.2) is 0 Å². The van der Waals surface area contributed by atoms with Gasteiger partial charge in [-0.25, -0.2) is 0 Å². The Hall–Kier alpha value is -0.520. The van der Waals surface area contributed by atoms with E-state index in [-0.39, 0.29) is 43.9 Å². The molecule has 0 N–H and O–H groups in total. The Labute approximate surface area is 158 Å². The van der Waals surface area contributed by atoms with Crippen molar-refractivity contribution in [3.8, 4) is 0 Å². The molecule has 3 aromatic rings. The Morgan fingerprint density at radius 1 is 0.409 bits per heavy atom. The highest BCUT2D eigenvalue weighted by atomic mass is 79.9. The van der Waals surface area contributed by atoms with Gasteiger partial charge in [0, 0.05) is 0 Å². The van der Waals surface area contributed by atoms with Gasteiger partial charge in [-0.1, -0.05) is 54.6 Å². The molecule has 0 aliphatic carbocycles. The van der Waals surface area contributed by atoms with E-state index in [4.69, 9.17) is 0 Å². The first kappa shape index (κ1) is 21.5. The van der Waals surface area contributed by atoms with Crippen LogP contribution < -0.4 is 49.9 Å². The van der Waals surface area contributed by atoms with E-state index < -0.39 is 7.92 Å². The number of rotatable bonds is 3. The first-order chi connectivity index (χ1) is 9.45. The maximum atomic E-state index is 2.24. The summed E-state index contributed by atoms with van der Waals surface area (Å²) in [6.45, 7) is 0. The molecule has 1 atom stereocenters. The van der Waals surface area contributed by atoms with Crippen molar-refractivity contribution >= 4 is 33.7 Å². The van der Waals surface area contributed by atoms with Gasteiger partial charge in [0.1, 0.15) is 15.9 Å². The summed E-state index contributed by atoms with van der Waals surface area (Å²) in [6, 6.07) is 32.5. The third-order valence-corrected chi connectivity index (χ3v) is 5.92. The predicted octanol–water partition coefficient (Wildman–Crippen LogP) is -3.02. The SMILES string of the molecule is [Br-].[Br-].[PH4+].c1ccc([PH+](c2ccccc2)c2ccccc2)cc1. The zero-order valence-electron chi connectivity index (χ0n) is 12.4. The Morgan fingerprint density at radius 2 is 0.636 bits per heavy atom. The van der Waals surface area contributed by atoms with E-state index in [1.807, 2.05) is 0 Å². The smallest absolute Gasteiger partial charge is 0.102 e. The average molecular weight is 458 g/mol. The minimum Gasteiger partial charge on any atom is -1.00 e. The molecule has 0 heterocycles. The van der Waals surface area contributed by atoms with Crippen LogP contribution in [0.25, 0.3) is 0 Å². The zero-order chi connectivity index (χ0) is 12.9. The molecule has 116 valence electrons. The van der Waals surface area contributed by atoms with Gasteiger partial charge >= 0.3 is 0 Å². The summed E-state index contributed by atoms with van der Waals surface area (Å²) in [7, 11) is -0.877. The first-order valence-corrected chi connectivity index (χ1v) is 7.98. The summed E-state index contributed by atoms with van der Waals surface area (Å²) in [5, 5.41) is 4.31. The highest BCUT2D eigenvalue weighted by molar-refractivity contribution is 7.79. The van der Waals surface area contributed by atoms with Gasteiger partial charge in [-0.3, -0.25) is 0 Å². The van der Waals surface area contributed by atoms with Gasteiger partial charge < -0.3 is 34.0 Å². The third-order valence-electron chi connectivity index (χ3n) is 3.19. The molecule has 0 bridgehead atoms. The highest BCUT2D eigenvalue weighted by Crippen LogP contribution is 2.32. The molecule has 0 radical (unpaired) electrons. The van der Waals surface area contributed by atoms with Gasteiger partial charge in [0.25, 0.3) is 0 Å². The van der Waals surface area contributed by atoms with E-state index in [2.05, 4.69) is 91.0 Å². The Bertz CT molecular complexity index is 537. The van der Waals surface area contributed by atoms with Gasteiger partial charge in [0.05, 0.1) is 7.92 Å². The lowest BCUT2D eigenvalue weighted by molar-refractivity contribution is -0.00100. The molecule has 0 aliphatic rings. The Kier molecular flexibility index (Phi) is 10.8. The molecule has 0 spiro atoms. The van der Waals surface area contributed by atoms with Crippen LogP contribution in [-0.2, 0) is 0 Å². The van der Waals surface area contributed by atoms with Crippen molar-refractivity contribution in [1.29, 1.82) is 0 Å². The normalized spacial score (nSPS) is 9.14. The fraction of sp³-hybridized carbons (Fsp3) is 0. The van der Waals surface area contributed by atoms with Gasteiger partial charge in [-0.2, -0.15) is 0 Å². The summed E-state index contributed by atoms with van der Waals surface area (Å²) < 4.78 is 0. The second-order valence-corrected chi connectivity index (χ2v) is 6.96. The summed E-state index contributed by atoms with van der Waals surface area (Å²) in [5.74, 6) is 0. The van der Waals surface area contributed by atoms with Gasteiger partial charge in [0.2, 0.25) is 0 Å². The van der Waals surface area contributed by atoms with Crippen LogP contribution in [0.5, 0.6) is 0 Å². The molecular weight excluding hydrogens is 438 g/mol. The molecule has 3 aromatic carbocycles.